The minimum Gasteiger partial charge on any atom is -0.234 e. The first-order valence-corrected chi connectivity index (χ1v) is 11.5. The highest BCUT2D eigenvalue weighted by molar-refractivity contribution is 5.18. The summed E-state index contributed by atoms with van der Waals surface area (Å²) in [5.74, 6) is 1.47. The number of imidazole rings is 1. The van der Waals surface area contributed by atoms with Crippen molar-refractivity contribution in [2.45, 2.75) is 104 Å². The van der Waals surface area contributed by atoms with Gasteiger partial charge in [0, 0.05) is 0 Å². The summed E-state index contributed by atoms with van der Waals surface area (Å²) < 4.78 is 5.00. The van der Waals surface area contributed by atoms with Crippen LogP contribution in [0.1, 0.15) is 95.9 Å². The van der Waals surface area contributed by atoms with E-state index in [-0.39, 0.29) is 0 Å². The quantitative estimate of drug-likeness (QED) is 0.244. The molecule has 0 aliphatic carbocycles. The Hall–Kier alpha value is -1.57. The Morgan fingerprint density at radius 1 is 0.741 bits per heavy atom. The molecule has 1 aromatic heterocycles. The van der Waals surface area contributed by atoms with E-state index in [1.807, 2.05) is 0 Å². The van der Waals surface area contributed by atoms with Gasteiger partial charge in [0.15, 0.2) is 0 Å². The van der Waals surface area contributed by atoms with Gasteiger partial charge >= 0.3 is 0 Å². The van der Waals surface area contributed by atoms with E-state index in [4.69, 9.17) is 0 Å². The molecule has 0 aliphatic rings. The Bertz CT molecular complexity index is 600. The van der Waals surface area contributed by atoms with Gasteiger partial charge in [0.05, 0.1) is 19.5 Å². The molecule has 0 amide bonds. The molecule has 2 rings (SSSR count). The van der Waals surface area contributed by atoms with Crippen LogP contribution in [0.2, 0.25) is 0 Å². The van der Waals surface area contributed by atoms with E-state index < -0.39 is 0 Å². The smallest absolute Gasteiger partial charge is 0.234 e. The molecule has 0 N–H and O–H groups in total. The van der Waals surface area contributed by atoms with Crippen LogP contribution < -0.4 is 4.57 Å². The third-order valence-electron chi connectivity index (χ3n) is 5.55. The number of aromatic nitrogens is 2. The predicted octanol–water partition coefficient (Wildman–Crippen LogP) is 6.70. The van der Waals surface area contributed by atoms with Crippen molar-refractivity contribution in [1.82, 2.24) is 4.57 Å². The van der Waals surface area contributed by atoms with Crippen LogP contribution in [-0.2, 0) is 19.5 Å². The van der Waals surface area contributed by atoms with Crippen LogP contribution in [0, 0.1) is 0 Å². The van der Waals surface area contributed by atoms with Crippen LogP contribution in [0.15, 0.2) is 42.7 Å². The number of unbranched alkanes of at least 4 members (excludes halogenated alkanes) is 9. The number of hydrogen-bond acceptors (Lipinski definition) is 0. The number of hydrogen-bond donors (Lipinski definition) is 0. The Balaban J connectivity index is 1.86. The number of nitrogens with zero attached hydrogens (tertiary/aromatic N) is 2. The Kier molecular flexibility index (Phi) is 10.9. The molecule has 0 radical (unpaired) electrons. The van der Waals surface area contributed by atoms with Crippen LogP contribution >= 0.6 is 0 Å². The van der Waals surface area contributed by atoms with Crippen molar-refractivity contribution < 1.29 is 4.57 Å². The standard InChI is InChI=1S/C25H41N2/c1-3-5-7-8-9-10-11-16-20-27-22-21-26(19-15-6-4-2)25(27)23-24-17-13-12-14-18-24/h12-14,17-18,21-22H,3-11,15-16,19-20,23H2,1-2H3/q+1. The SMILES string of the molecule is CCCCCCCCCCn1cc[n+](CCCCC)c1Cc1ccccc1. The van der Waals surface area contributed by atoms with Crippen molar-refractivity contribution in [3.8, 4) is 0 Å². The summed E-state index contributed by atoms with van der Waals surface area (Å²) in [5, 5.41) is 0. The van der Waals surface area contributed by atoms with Crippen LogP contribution in [-0.4, -0.2) is 4.57 Å². The van der Waals surface area contributed by atoms with Gasteiger partial charge in [-0.15, -0.1) is 0 Å². The maximum Gasteiger partial charge on any atom is 0.260 e. The highest BCUT2D eigenvalue weighted by atomic mass is 15.1. The van der Waals surface area contributed by atoms with Crippen molar-refractivity contribution in [3.05, 3.63) is 54.1 Å². The summed E-state index contributed by atoms with van der Waals surface area (Å²) in [6, 6.07) is 10.9. The largest absolute Gasteiger partial charge is 0.260 e. The van der Waals surface area contributed by atoms with Crippen molar-refractivity contribution in [1.29, 1.82) is 0 Å². The van der Waals surface area contributed by atoms with Crippen molar-refractivity contribution >= 4 is 0 Å². The van der Waals surface area contributed by atoms with Gasteiger partial charge in [-0.25, -0.2) is 9.13 Å². The molecule has 1 aromatic carbocycles. The van der Waals surface area contributed by atoms with Gasteiger partial charge in [0.2, 0.25) is 0 Å². The number of benzene rings is 1. The maximum atomic E-state index is 2.51. The topological polar surface area (TPSA) is 8.81 Å². The van der Waals surface area contributed by atoms with Crippen molar-refractivity contribution in [2.24, 2.45) is 0 Å². The average molecular weight is 370 g/mol. The molecule has 2 heteroatoms. The molecule has 27 heavy (non-hydrogen) atoms. The third kappa shape index (κ3) is 8.32. The van der Waals surface area contributed by atoms with E-state index in [0.29, 0.717) is 0 Å². The molecule has 150 valence electrons. The first-order chi connectivity index (χ1) is 13.3. The zero-order valence-electron chi connectivity index (χ0n) is 17.8. The Labute approximate surface area is 167 Å². The van der Waals surface area contributed by atoms with Gasteiger partial charge in [-0.2, -0.15) is 0 Å². The van der Waals surface area contributed by atoms with E-state index in [9.17, 15) is 0 Å². The molecule has 2 nitrogen and oxygen atoms in total. The summed E-state index contributed by atoms with van der Waals surface area (Å²) in [4.78, 5) is 0. The first kappa shape index (κ1) is 21.7. The van der Waals surface area contributed by atoms with Crippen LogP contribution in [0.3, 0.4) is 0 Å². The first-order valence-electron chi connectivity index (χ1n) is 11.5. The van der Waals surface area contributed by atoms with E-state index >= 15 is 0 Å². The Morgan fingerprint density at radius 3 is 2.07 bits per heavy atom. The van der Waals surface area contributed by atoms with Crippen LogP contribution in [0.4, 0.5) is 0 Å². The molecule has 0 saturated heterocycles. The minimum absolute atomic E-state index is 1.04. The zero-order valence-corrected chi connectivity index (χ0v) is 17.8. The predicted molar refractivity (Wildman–Crippen MR) is 116 cm³/mol. The fourth-order valence-electron chi connectivity index (χ4n) is 3.83. The lowest BCUT2D eigenvalue weighted by atomic mass is 10.1. The Morgan fingerprint density at radius 2 is 1.37 bits per heavy atom. The van der Waals surface area contributed by atoms with E-state index in [2.05, 4.69) is 65.7 Å². The molecule has 1 heterocycles. The maximum absolute atomic E-state index is 2.51. The second-order valence-electron chi connectivity index (χ2n) is 7.95. The van der Waals surface area contributed by atoms with Crippen molar-refractivity contribution in [2.75, 3.05) is 0 Å². The lowest BCUT2D eigenvalue weighted by molar-refractivity contribution is -0.703. The molecular weight excluding hydrogens is 328 g/mol. The van der Waals surface area contributed by atoms with E-state index in [1.54, 1.807) is 0 Å². The van der Waals surface area contributed by atoms with Gasteiger partial charge < -0.3 is 0 Å². The fraction of sp³-hybridized carbons (Fsp3) is 0.640. The fourth-order valence-corrected chi connectivity index (χ4v) is 3.83. The van der Waals surface area contributed by atoms with Crippen LogP contribution in [0.25, 0.3) is 0 Å². The number of aryl methyl sites for hydroxylation is 2. The normalized spacial score (nSPS) is 11.2. The lowest BCUT2D eigenvalue weighted by Gasteiger charge is -2.06. The molecule has 2 aromatic rings. The lowest BCUT2D eigenvalue weighted by Crippen LogP contribution is -2.37. The van der Waals surface area contributed by atoms with Gasteiger partial charge in [0.1, 0.15) is 12.4 Å². The average Bonchev–Trinajstić information content (AvgIpc) is 3.06. The molecule has 0 bridgehead atoms. The highest BCUT2D eigenvalue weighted by Crippen LogP contribution is 2.12. The monoisotopic (exact) mass is 369 g/mol. The summed E-state index contributed by atoms with van der Waals surface area (Å²) in [7, 11) is 0. The summed E-state index contributed by atoms with van der Waals surface area (Å²) in [6.45, 7) is 6.89. The molecular formula is C25H41N2+. The van der Waals surface area contributed by atoms with Gasteiger partial charge in [0.25, 0.3) is 5.82 Å². The van der Waals surface area contributed by atoms with E-state index in [0.717, 1.165) is 19.5 Å². The molecule has 0 saturated carbocycles. The second kappa shape index (κ2) is 13.6. The number of rotatable bonds is 15. The minimum atomic E-state index is 1.04. The van der Waals surface area contributed by atoms with Gasteiger partial charge in [-0.1, -0.05) is 89.1 Å². The summed E-state index contributed by atoms with van der Waals surface area (Å²) in [5.41, 5.74) is 1.41. The summed E-state index contributed by atoms with van der Waals surface area (Å²) >= 11 is 0. The zero-order chi connectivity index (χ0) is 19.2. The van der Waals surface area contributed by atoms with Crippen molar-refractivity contribution in [3.63, 3.8) is 0 Å². The molecule has 0 aliphatic heterocycles. The van der Waals surface area contributed by atoms with E-state index in [1.165, 1.54) is 82.0 Å². The molecule has 0 spiro atoms. The van der Waals surface area contributed by atoms with Gasteiger partial charge in [-0.05, 0) is 31.2 Å². The van der Waals surface area contributed by atoms with Crippen LogP contribution in [0.5, 0.6) is 0 Å². The molecule has 0 atom stereocenters. The molecule has 0 fully saturated rings. The second-order valence-corrected chi connectivity index (χ2v) is 7.95. The summed E-state index contributed by atoms with van der Waals surface area (Å²) in [6.07, 6.45) is 20.6. The molecule has 0 unspecified atom stereocenters. The van der Waals surface area contributed by atoms with Gasteiger partial charge in [-0.3, -0.25) is 0 Å². The highest BCUT2D eigenvalue weighted by Gasteiger charge is 2.17. The third-order valence-corrected chi connectivity index (χ3v) is 5.55.